The molecule has 2 N–H and O–H groups in total. The predicted molar refractivity (Wildman–Crippen MR) is 87.4 cm³/mol. The molecule has 2 aromatic rings. The number of ether oxygens (including phenoxy) is 2. The minimum Gasteiger partial charge on any atom is -0.493 e. The summed E-state index contributed by atoms with van der Waals surface area (Å²) < 4.78 is 12.3. The number of ketones is 1. The zero-order valence-corrected chi connectivity index (χ0v) is 13.2. The molecular weight excluding hydrogens is 292 g/mol. The molecule has 1 aliphatic heterocycles. The summed E-state index contributed by atoms with van der Waals surface area (Å²) in [4.78, 5) is 12.6. The highest BCUT2D eigenvalue weighted by atomic mass is 16.5. The van der Waals surface area contributed by atoms with Crippen molar-refractivity contribution in [2.75, 3.05) is 20.8 Å². The predicted octanol–water partition coefficient (Wildman–Crippen LogP) is 1.82. The summed E-state index contributed by atoms with van der Waals surface area (Å²) in [6.45, 7) is 0.886. The molecule has 0 aromatic heterocycles. The third-order valence-electron chi connectivity index (χ3n) is 4.04. The van der Waals surface area contributed by atoms with E-state index in [0.29, 0.717) is 29.4 Å². The van der Waals surface area contributed by atoms with Crippen molar-refractivity contribution >= 4 is 11.6 Å². The lowest BCUT2D eigenvalue weighted by atomic mass is 10.1. The Kier molecular flexibility index (Phi) is 4.02. The minimum atomic E-state index is -0.0123. The summed E-state index contributed by atoms with van der Waals surface area (Å²) in [5, 5.41) is 0. The quantitative estimate of drug-likeness (QED) is 0.676. The molecule has 0 fully saturated rings. The van der Waals surface area contributed by atoms with Gasteiger partial charge in [-0.25, -0.2) is 4.58 Å². The molecule has 0 spiro atoms. The van der Waals surface area contributed by atoms with E-state index in [4.69, 9.17) is 15.2 Å². The van der Waals surface area contributed by atoms with Gasteiger partial charge in [-0.1, -0.05) is 18.2 Å². The van der Waals surface area contributed by atoms with Crippen LogP contribution in [0.1, 0.15) is 21.5 Å². The Labute approximate surface area is 135 Å². The van der Waals surface area contributed by atoms with Crippen LogP contribution in [0.25, 0.3) is 0 Å². The number of nitrogens with two attached hydrogens (primary N) is 1. The van der Waals surface area contributed by atoms with Crippen molar-refractivity contribution in [2.24, 2.45) is 5.73 Å². The van der Waals surface area contributed by atoms with Crippen molar-refractivity contribution in [3.05, 3.63) is 59.2 Å². The second-order valence-corrected chi connectivity index (χ2v) is 5.39. The highest BCUT2D eigenvalue weighted by molar-refractivity contribution is 6.00. The van der Waals surface area contributed by atoms with Gasteiger partial charge in [0.2, 0.25) is 5.78 Å². The van der Waals surface area contributed by atoms with E-state index >= 15 is 0 Å². The van der Waals surface area contributed by atoms with E-state index in [1.165, 1.54) is 0 Å². The SMILES string of the molecule is COc1ccc(C(=O)C[N+]2=C(N)c3ccccc3C2)cc1OC. The summed E-state index contributed by atoms with van der Waals surface area (Å²) >= 11 is 0. The number of fused-ring (bicyclic) bond motifs is 1. The molecule has 5 heteroatoms. The van der Waals surface area contributed by atoms with Crippen molar-refractivity contribution in [2.45, 2.75) is 6.54 Å². The molecule has 0 bridgehead atoms. The Morgan fingerprint density at radius 2 is 1.87 bits per heavy atom. The zero-order chi connectivity index (χ0) is 16.4. The van der Waals surface area contributed by atoms with Crippen LogP contribution in [0.15, 0.2) is 42.5 Å². The third-order valence-corrected chi connectivity index (χ3v) is 4.04. The van der Waals surface area contributed by atoms with Crippen molar-refractivity contribution in [1.29, 1.82) is 0 Å². The Morgan fingerprint density at radius 1 is 1.13 bits per heavy atom. The average molecular weight is 311 g/mol. The van der Waals surface area contributed by atoms with Crippen molar-refractivity contribution in [3.63, 3.8) is 0 Å². The molecule has 0 aliphatic carbocycles. The first-order chi connectivity index (χ1) is 11.1. The van der Waals surface area contributed by atoms with E-state index in [9.17, 15) is 4.79 Å². The smallest absolute Gasteiger partial charge is 0.276 e. The van der Waals surface area contributed by atoms with Crippen LogP contribution in [0.5, 0.6) is 11.5 Å². The van der Waals surface area contributed by atoms with Crippen molar-refractivity contribution in [3.8, 4) is 11.5 Å². The van der Waals surface area contributed by atoms with Crippen molar-refractivity contribution < 1.29 is 18.8 Å². The van der Waals surface area contributed by atoms with Gasteiger partial charge in [0.1, 0.15) is 13.1 Å². The molecule has 0 atom stereocenters. The molecule has 1 heterocycles. The number of amidine groups is 1. The number of Topliss-reactive ketones (excluding diaryl/α,β-unsaturated/α-hetero) is 1. The first-order valence-corrected chi connectivity index (χ1v) is 7.35. The first-order valence-electron chi connectivity index (χ1n) is 7.35. The maximum absolute atomic E-state index is 12.6. The van der Waals surface area contributed by atoms with E-state index in [2.05, 4.69) is 0 Å². The Balaban J connectivity index is 1.82. The van der Waals surface area contributed by atoms with Gasteiger partial charge in [-0.3, -0.25) is 10.5 Å². The normalized spacial score (nSPS) is 13.0. The summed E-state index contributed by atoms with van der Waals surface area (Å²) in [6.07, 6.45) is 0. The molecule has 23 heavy (non-hydrogen) atoms. The van der Waals surface area contributed by atoms with E-state index in [-0.39, 0.29) is 12.3 Å². The Bertz CT molecular complexity index is 797. The molecule has 2 aromatic carbocycles. The van der Waals surface area contributed by atoms with Crippen LogP contribution in [-0.4, -0.2) is 37.0 Å². The third kappa shape index (κ3) is 2.77. The van der Waals surface area contributed by atoms with Crippen LogP contribution in [0.4, 0.5) is 0 Å². The van der Waals surface area contributed by atoms with E-state index in [1.54, 1.807) is 32.4 Å². The summed E-state index contributed by atoms with van der Waals surface area (Å²) in [7, 11) is 3.12. The summed E-state index contributed by atoms with van der Waals surface area (Å²) in [5.41, 5.74) is 8.89. The monoisotopic (exact) mass is 311 g/mol. The molecule has 0 amide bonds. The van der Waals surface area contributed by atoms with Crippen LogP contribution >= 0.6 is 0 Å². The second-order valence-electron chi connectivity index (χ2n) is 5.39. The number of benzene rings is 2. The van der Waals surface area contributed by atoms with Gasteiger partial charge < -0.3 is 9.47 Å². The van der Waals surface area contributed by atoms with Gasteiger partial charge in [-0.05, 0) is 24.3 Å². The van der Waals surface area contributed by atoms with Crippen LogP contribution < -0.4 is 15.2 Å². The fourth-order valence-electron chi connectivity index (χ4n) is 2.78. The summed E-state index contributed by atoms with van der Waals surface area (Å²) in [5.74, 6) is 1.78. The number of carbonyl (C=O) groups is 1. The largest absolute Gasteiger partial charge is 0.493 e. The standard InChI is InChI=1S/C18H18N2O3/c1-22-16-8-7-12(9-17(16)23-2)15(21)11-20-10-13-5-3-4-6-14(13)18(20)19/h3-9,19H,10-11H2,1-2H3/p+1. The van der Waals surface area contributed by atoms with Crippen LogP contribution in [-0.2, 0) is 6.54 Å². The molecule has 0 radical (unpaired) electrons. The van der Waals surface area contributed by atoms with Gasteiger partial charge in [0.05, 0.1) is 19.8 Å². The van der Waals surface area contributed by atoms with Gasteiger partial charge in [0, 0.05) is 11.1 Å². The summed E-state index contributed by atoms with van der Waals surface area (Å²) in [6, 6.07) is 13.1. The van der Waals surface area contributed by atoms with Gasteiger partial charge in [-0.15, -0.1) is 0 Å². The number of hydrogen-bond donors (Lipinski definition) is 1. The topological polar surface area (TPSA) is 64.6 Å². The Morgan fingerprint density at radius 3 is 2.57 bits per heavy atom. The number of hydrogen-bond acceptors (Lipinski definition) is 4. The highest BCUT2D eigenvalue weighted by Crippen LogP contribution is 2.28. The van der Waals surface area contributed by atoms with E-state index in [0.717, 1.165) is 11.1 Å². The molecule has 118 valence electrons. The van der Waals surface area contributed by atoms with Gasteiger partial charge in [-0.2, -0.15) is 0 Å². The molecule has 5 nitrogen and oxygen atoms in total. The molecule has 0 saturated heterocycles. The number of methoxy groups -OCH3 is 2. The molecule has 0 unspecified atom stereocenters. The lowest BCUT2D eigenvalue weighted by Gasteiger charge is -2.09. The zero-order valence-electron chi connectivity index (χ0n) is 13.2. The fraction of sp³-hybridized carbons (Fsp3) is 0.222. The second kappa shape index (κ2) is 6.12. The van der Waals surface area contributed by atoms with E-state index < -0.39 is 0 Å². The number of carbonyl (C=O) groups excluding carboxylic acids is 1. The number of rotatable bonds is 5. The Hall–Kier alpha value is -2.82. The lowest BCUT2D eigenvalue weighted by Crippen LogP contribution is -2.28. The van der Waals surface area contributed by atoms with Crippen LogP contribution in [0.3, 0.4) is 0 Å². The minimum absolute atomic E-state index is 0.0123. The van der Waals surface area contributed by atoms with Crippen molar-refractivity contribution in [1.82, 2.24) is 0 Å². The average Bonchev–Trinajstić information content (AvgIpc) is 2.90. The van der Waals surface area contributed by atoms with Crippen LogP contribution in [0.2, 0.25) is 0 Å². The van der Waals surface area contributed by atoms with Gasteiger partial charge >= 0.3 is 0 Å². The van der Waals surface area contributed by atoms with E-state index in [1.807, 2.05) is 28.8 Å². The van der Waals surface area contributed by atoms with Crippen LogP contribution in [0, 0.1) is 0 Å². The molecule has 1 aliphatic rings. The van der Waals surface area contributed by atoms with Gasteiger partial charge in [0.15, 0.2) is 11.5 Å². The van der Waals surface area contributed by atoms with Gasteiger partial charge in [0.25, 0.3) is 5.84 Å². The molecule has 0 saturated carbocycles. The maximum Gasteiger partial charge on any atom is 0.276 e. The molecular formula is C18H19N2O3+. The fourth-order valence-corrected chi connectivity index (χ4v) is 2.78. The first kappa shape index (κ1) is 15.1. The number of nitrogens with zero attached hydrogens (tertiary/aromatic N) is 1. The highest BCUT2D eigenvalue weighted by Gasteiger charge is 2.26. The maximum atomic E-state index is 12.6. The lowest BCUT2D eigenvalue weighted by molar-refractivity contribution is -0.526. The molecule has 3 rings (SSSR count).